The van der Waals surface area contributed by atoms with Crippen LogP contribution in [0.25, 0.3) is 6.08 Å². The minimum atomic E-state index is -0.796. The molecule has 2 heterocycles. The van der Waals surface area contributed by atoms with Crippen LogP contribution in [0.3, 0.4) is 0 Å². The molecule has 1 aromatic carbocycles. The van der Waals surface area contributed by atoms with E-state index < -0.39 is 17.8 Å². The minimum Gasteiger partial charge on any atom is -0.493 e. The number of imide groups is 2. The average Bonchev–Trinajstić information content (AvgIpc) is 3.22. The molecule has 0 spiro atoms. The third kappa shape index (κ3) is 4.31. The zero-order valence-electron chi connectivity index (χ0n) is 16.4. The van der Waals surface area contributed by atoms with Crippen molar-refractivity contribution < 1.29 is 28.3 Å². The number of para-hydroxylation sites is 1. The number of methoxy groups -OCH3 is 1. The number of rotatable bonds is 7. The van der Waals surface area contributed by atoms with Gasteiger partial charge in [-0.2, -0.15) is 0 Å². The van der Waals surface area contributed by atoms with Gasteiger partial charge in [0.2, 0.25) is 0 Å². The van der Waals surface area contributed by atoms with Crippen molar-refractivity contribution in [3.05, 3.63) is 53.5 Å². The minimum absolute atomic E-state index is 0.0867. The van der Waals surface area contributed by atoms with Crippen LogP contribution in [-0.4, -0.2) is 36.0 Å². The Hall–Kier alpha value is -3.55. The molecule has 0 radical (unpaired) electrons. The van der Waals surface area contributed by atoms with Gasteiger partial charge in [0.1, 0.15) is 11.3 Å². The lowest BCUT2D eigenvalue weighted by Crippen LogP contribution is -2.53. The van der Waals surface area contributed by atoms with Gasteiger partial charge in [-0.15, -0.1) is 0 Å². The maximum Gasteiger partial charge on any atom is 0.331 e. The molecule has 4 amide bonds. The molecule has 3 rings (SSSR count). The maximum atomic E-state index is 12.9. The molecule has 2 aromatic rings. The van der Waals surface area contributed by atoms with Crippen molar-refractivity contribution in [3.8, 4) is 11.5 Å². The van der Waals surface area contributed by atoms with Crippen LogP contribution in [0, 0.1) is 0 Å². The van der Waals surface area contributed by atoms with Gasteiger partial charge in [-0.1, -0.05) is 19.1 Å². The van der Waals surface area contributed by atoms with Crippen molar-refractivity contribution >= 4 is 23.9 Å². The van der Waals surface area contributed by atoms with Crippen molar-refractivity contribution in [2.45, 2.75) is 32.9 Å². The first-order valence-electron chi connectivity index (χ1n) is 9.19. The number of nitrogens with zero attached hydrogens (tertiary/aromatic N) is 1. The van der Waals surface area contributed by atoms with Crippen molar-refractivity contribution in [1.82, 2.24) is 10.2 Å². The first-order chi connectivity index (χ1) is 13.9. The number of benzene rings is 1. The molecule has 0 unspecified atom stereocenters. The highest BCUT2D eigenvalue weighted by Gasteiger charge is 2.36. The lowest BCUT2D eigenvalue weighted by atomic mass is 10.1. The predicted molar refractivity (Wildman–Crippen MR) is 104 cm³/mol. The Morgan fingerprint density at radius 3 is 2.66 bits per heavy atom. The van der Waals surface area contributed by atoms with E-state index in [1.54, 1.807) is 30.3 Å². The average molecular weight is 398 g/mol. The molecule has 1 N–H and O–H groups in total. The molecule has 8 nitrogen and oxygen atoms in total. The van der Waals surface area contributed by atoms with Gasteiger partial charge in [-0.05, 0) is 37.6 Å². The summed E-state index contributed by atoms with van der Waals surface area (Å²) in [5, 5.41) is 2.19. The largest absolute Gasteiger partial charge is 0.493 e. The number of carbonyl (C=O) groups excluding carboxylic acids is 3. The lowest BCUT2D eigenvalue weighted by Gasteiger charge is -2.26. The van der Waals surface area contributed by atoms with Crippen LogP contribution in [0.15, 0.2) is 46.6 Å². The molecule has 0 saturated carbocycles. The Labute approximate surface area is 168 Å². The van der Waals surface area contributed by atoms with Gasteiger partial charge in [0.05, 0.1) is 26.0 Å². The van der Waals surface area contributed by atoms with E-state index in [0.29, 0.717) is 22.8 Å². The summed E-state index contributed by atoms with van der Waals surface area (Å²) in [5.41, 5.74) is 0.314. The standard InChI is InChI=1S/C21H22N2O6/c1-4-13(2)29-18-14(7-5-9-17(18)27-3)11-16-19(24)22-21(26)23(20(16)25)12-15-8-6-10-28-15/h5-11,13H,4,12H2,1-3H3,(H,22,24,26)/b16-11+/t13-/m0/s1. The third-order valence-electron chi connectivity index (χ3n) is 4.50. The number of hydrogen-bond acceptors (Lipinski definition) is 6. The fraction of sp³-hybridized carbons (Fsp3) is 0.286. The van der Waals surface area contributed by atoms with Gasteiger partial charge >= 0.3 is 6.03 Å². The molecule has 29 heavy (non-hydrogen) atoms. The fourth-order valence-corrected chi connectivity index (χ4v) is 2.77. The Morgan fingerprint density at radius 2 is 2.00 bits per heavy atom. The van der Waals surface area contributed by atoms with Crippen LogP contribution >= 0.6 is 0 Å². The van der Waals surface area contributed by atoms with E-state index in [9.17, 15) is 14.4 Å². The molecule has 0 bridgehead atoms. The molecular weight excluding hydrogens is 376 g/mol. The highest BCUT2D eigenvalue weighted by atomic mass is 16.5. The Balaban J connectivity index is 1.98. The van der Waals surface area contributed by atoms with Crippen LogP contribution in [-0.2, 0) is 16.1 Å². The van der Waals surface area contributed by atoms with E-state index in [4.69, 9.17) is 13.9 Å². The Bertz CT molecular complexity index is 948. The van der Waals surface area contributed by atoms with E-state index in [1.807, 2.05) is 13.8 Å². The molecule has 1 fully saturated rings. The van der Waals surface area contributed by atoms with Gasteiger partial charge in [-0.25, -0.2) is 4.79 Å². The second-order valence-corrected chi connectivity index (χ2v) is 6.50. The highest BCUT2D eigenvalue weighted by molar-refractivity contribution is 6.31. The summed E-state index contributed by atoms with van der Waals surface area (Å²) in [6.07, 6.45) is 3.51. The third-order valence-corrected chi connectivity index (χ3v) is 4.50. The number of furan rings is 1. The van der Waals surface area contributed by atoms with Gasteiger partial charge in [-0.3, -0.25) is 19.8 Å². The topological polar surface area (TPSA) is 98.1 Å². The monoisotopic (exact) mass is 398 g/mol. The van der Waals surface area contributed by atoms with Crippen molar-refractivity contribution in [2.24, 2.45) is 0 Å². The van der Waals surface area contributed by atoms with Crippen LogP contribution < -0.4 is 14.8 Å². The zero-order chi connectivity index (χ0) is 21.0. The van der Waals surface area contributed by atoms with E-state index in [-0.39, 0.29) is 18.2 Å². The lowest BCUT2D eigenvalue weighted by molar-refractivity contribution is -0.130. The first-order valence-corrected chi connectivity index (χ1v) is 9.19. The summed E-state index contributed by atoms with van der Waals surface area (Å²) in [5.74, 6) is -0.163. The van der Waals surface area contributed by atoms with Gasteiger partial charge in [0.25, 0.3) is 11.8 Å². The van der Waals surface area contributed by atoms with Crippen molar-refractivity contribution in [2.75, 3.05) is 7.11 Å². The number of nitrogens with one attached hydrogen (secondary N) is 1. The van der Waals surface area contributed by atoms with Crippen molar-refractivity contribution in [3.63, 3.8) is 0 Å². The summed E-state index contributed by atoms with van der Waals surface area (Å²) in [6, 6.07) is 7.66. The summed E-state index contributed by atoms with van der Waals surface area (Å²) in [6.45, 7) is 3.80. The molecule has 1 aliphatic heterocycles. The SMILES string of the molecule is CC[C@H](C)Oc1c(/C=C2\C(=O)NC(=O)N(Cc3ccco3)C2=O)cccc1OC. The molecule has 1 saturated heterocycles. The summed E-state index contributed by atoms with van der Waals surface area (Å²) in [7, 11) is 1.51. The molecule has 1 aliphatic rings. The van der Waals surface area contributed by atoms with E-state index in [1.165, 1.54) is 19.4 Å². The summed E-state index contributed by atoms with van der Waals surface area (Å²) < 4.78 is 16.5. The first kappa shape index (κ1) is 20.2. The molecule has 152 valence electrons. The Morgan fingerprint density at radius 1 is 1.21 bits per heavy atom. The van der Waals surface area contributed by atoms with Crippen LogP contribution in [0.5, 0.6) is 11.5 Å². The molecule has 1 aromatic heterocycles. The smallest absolute Gasteiger partial charge is 0.331 e. The molecule has 8 heteroatoms. The molecule has 0 aliphatic carbocycles. The number of carbonyl (C=O) groups is 3. The van der Waals surface area contributed by atoms with E-state index in [0.717, 1.165) is 11.3 Å². The highest BCUT2D eigenvalue weighted by Crippen LogP contribution is 2.34. The summed E-state index contributed by atoms with van der Waals surface area (Å²) >= 11 is 0. The van der Waals surface area contributed by atoms with E-state index in [2.05, 4.69) is 5.32 Å². The number of amides is 4. The zero-order valence-corrected chi connectivity index (χ0v) is 16.4. The molecule has 1 atom stereocenters. The van der Waals surface area contributed by atoms with Crippen LogP contribution in [0.2, 0.25) is 0 Å². The number of ether oxygens (including phenoxy) is 2. The Kier molecular flexibility index (Phi) is 6.01. The van der Waals surface area contributed by atoms with Gasteiger partial charge in [0.15, 0.2) is 11.5 Å². The summed E-state index contributed by atoms with van der Waals surface area (Å²) in [4.78, 5) is 38.3. The number of hydrogen-bond donors (Lipinski definition) is 1. The fourth-order valence-electron chi connectivity index (χ4n) is 2.77. The van der Waals surface area contributed by atoms with Crippen LogP contribution in [0.1, 0.15) is 31.6 Å². The van der Waals surface area contributed by atoms with Crippen molar-refractivity contribution in [1.29, 1.82) is 0 Å². The second-order valence-electron chi connectivity index (χ2n) is 6.50. The number of urea groups is 1. The van der Waals surface area contributed by atoms with Crippen LogP contribution in [0.4, 0.5) is 4.79 Å². The maximum absolute atomic E-state index is 12.9. The number of barbiturate groups is 1. The molecular formula is C21H22N2O6. The predicted octanol–water partition coefficient (Wildman–Crippen LogP) is 3.13. The van der Waals surface area contributed by atoms with Gasteiger partial charge in [0, 0.05) is 5.56 Å². The van der Waals surface area contributed by atoms with Gasteiger partial charge < -0.3 is 13.9 Å². The normalized spacial score (nSPS) is 16.7. The quantitative estimate of drug-likeness (QED) is 0.568. The second kappa shape index (κ2) is 8.64. The van der Waals surface area contributed by atoms with E-state index >= 15 is 0 Å².